The van der Waals surface area contributed by atoms with Crippen LogP contribution in [-0.4, -0.2) is 34.7 Å². The van der Waals surface area contributed by atoms with E-state index in [0.717, 1.165) is 58.7 Å². The molecule has 190 valence electrons. The lowest BCUT2D eigenvalue weighted by molar-refractivity contribution is 0.0740. The van der Waals surface area contributed by atoms with Gasteiger partial charge in [-0.2, -0.15) is 5.10 Å². The highest BCUT2D eigenvalue weighted by atomic mass is 35.5. The number of unbranched alkanes of at least 4 members (excludes halogenated alkanes) is 2. The molecule has 2 heterocycles. The molecule has 1 aliphatic heterocycles. The van der Waals surface area contributed by atoms with E-state index in [-0.39, 0.29) is 11.9 Å². The summed E-state index contributed by atoms with van der Waals surface area (Å²) in [4.78, 5) is 15.4. The van der Waals surface area contributed by atoms with Gasteiger partial charge in [0.25, 0.3) is 5.91 Å². The highest BCUT2D eigenvalue weighted by Gasteiger charge is 2.41. The van der Waals surface area contributed by atoms with E-state index in [1.165, 1.54) is 0 Å². The first kappa shape index (κ1) is 24.9. The Morgan fingerprint density at radius 1 is 0.946 bits per heavy atom. The smallest absolute Gasteiger partial charge is 0.273 e. The SMILES string of the molecule is CCCCCN1C(=O)c2[nH]nc(-c3ccc(OC)cc3)c2C1c1ccc(OCc2ccc(Cl)cc2)cc1. The number of aromatic nitrogens is 2. The van der Waals surface area contributed by atoms with Gasteiger partial charge in [0.2, 0.25) is 0 Å². The summed E-state index contributed by atoms with van der Waals surface area (Å²) in [5.41, 5.74) is 5.28. The first-order valence-electron chi connectivity index (χ1n) is 12.6. The quantitative estimate of drug-likeness (QED) is 0.230. The van der Waals surface area contributed by atoms with Crippen LogP contribution in [0, 0.1) is 0 Å². The van der Waals surface area contributed by atoms with Gasteiger partial charge in [0.05, 0.1) is 18.8 Å². The molecule has 0 radical (unpaired) electrons. The Morgan fingerprint density at radius 2 is 1.65 bits per heavy atom. The third kappa shape index (κ3) is 5.20. The largest absolute Gasteiger partial charge is 0.497 e. The minimum absolute atomic E-state index is 0.00794. The average Bonchev–Trinajstić information content (AvgIpc) is 3.48. The van der Waals surface area contributed by atoms with Crippen molar-refractivity contribution in [3.63, 3.8) is 0 Å². The topological polar surface area (TPSA) is 67.5 Å². The number of nitrogens with zero attached hydrogens (tertiary/aromatic N) is 2. The fraction of sp³-hybridized carbons (Fsp3) is 0.267. The van der Waals surface area contributed by atoms with Gasteiger partial charge >= 0.3 is 0 Å². The Kier molecular flexibility index (Phi) is 7.47. The molecule has 5 rings (SSSR count). The molecule has 37 heavy (non-hydrogen) atoms. The number of hydrogen-bond donors (Lipinski definition) is 1. The molecule has 3 aromatic carbocycles. The van der Waals surface area contributed by atoms with E-state index in [9.17, 15) is 4.79 Å². The fourth-order valence-corrected chi connectivity index (χ4v) is 4.89. The molecular formula is C30H30ClN3O3. The first-order valence-corrected chi connectivity index (χ1v) is 13.0. The van der Waals surface area contributed by atoms with Gasteiger partial charge < -0.3 is 14.4 Å². The summed E-state index contributed by atoms with van der Waals surface area (Å²) in [6, 6.07) is 23.2. The van der Waals surface area contributed by atoms with Crippen LogP contribution in [0.2, 0.25) is 5.02 Å². The summed E-state index contributed by atoms with van der Waals surface area (Å²) in [6.45, 7) is 3.31. The van der Waals surface area contributed by atoms with E-state index in [2.05, 4.69) is 17.1 Å². The number of hydrogen-bond acceptors (Lipinski definition) is 4. The summed E-state index contributed by atoms with van der Waals surface area (Å²) in [6.07, 6.45) is 3.12. The minimum Gasteiger partial charge on any atom is -0.497 e. The molecule has 0 bridgehead atoms. The van der Waals surface area contributed by atoms with E-state index in [1.54, 1.807) is 7.11 Å². The number of amides is 1. The molecule has 0 aliphatic carbocycles. The summed E-state index contributed by atoms with van der Waals surface area (Å²) in [5.74, 6) is 1.54. The number of benzene rings is 3. The number of H-pyrrole nitrogens is 1. The Balaban J connectivity index is 1.44. The van der Waals surface area contributed by atoms with Gasteiger partial charge in [-0.15, -0.1) is 0 Å². The fourth-order valence-electron chi connectivity index (χ4n) is 4.77. The van der Waals surface area contributed by atoms with Crippen molar-refractivity contribution < 1.29 is 14.3 Å². The number of halogens is 1. The highest BCUT2D eigenvalue weighted by molar-refractivity contribution is 6.30. The van der Waals surface area contributed by atoms with Gasteiger partial charge in [0, 0.05) is 22.7 Å². The van der Waals surface area contributed by atoms with E-state index >= 15 is 0 Å². The van der Waals surface area contributed by atoms with Gasteiger partial charge in [-0.1, -0.05) is 55.6 Å². The standard InChI is InChI=1S/C30H30ClN3O3/c1-3-4-5-18-34-29(22-10-16-25(17-11-22)37-19-20-6-12-23(31)13-7-20)26-27(32-33-28(26)30(34)35)21-8-14-24(36-2)15-9-21/h6-17,29H,3-5,18-19H2,1-2H3,(H,32,33). The number of aromatic amines is 1. The van der Waals surface area contributed by atoms with E-state index in [1.807, 2.05) is 77.7 Å². The number of carbonyl (C=O) groups is 1. The first-order chi connectivity index (χ1) is 18.1. The molecular weight excluding hydrogens is 486 g/mol. The molecule has 6 nitrogen and oxygen atoms in total. The number of rotatable bonds is 10. The molecule has 1 atom stereocenters. The van der Waals surface area contributed by atoms with Crippen LogP contribution < -0.4 is 9.47 Å². The van der Waals surface area contributed by atoms with Crippen molar-refractivity contribution in [1.82, 2.24) is 15.1 Å². The van der Waals surface area contributed by atoms with Gasteiger partial charge in [0.15, 0.2) is 0 Å². The third-order valence-corrected chi connectivity index (χ3v) is 7.00. The predicted octanol–water partition coefficient (Wildman–Crippen LogP) is 7.05. The molecule has 0 fully saturated rings. The maximum absolute atomic E-state index is 13.5. The Bertz CT molecular complexity index is 1350. The molecule has 7 heteroatoms. The van der Waals surface area contributed by atoms with Crippen LogP contribution in [0.4, 0.5) is 0 Å². The lowest BCUT2D eigenvalue weighted by Crippen LogP contribution is -2.30. The lowest BCUT2D eigenvalue weighted by atomic mass is 9.96. The van der Waals surface area contributed by atoms with Crippen LogP contribution in [0.25, 0.3) is 11.3 Å². The number of fused-ring (bicyclic) bond motifs is 1. The van der Waals surface area contributed by atoms with Crippen molar-refractivity contribution in [2.45, 2.75) is 38.8 Å². The van der Waals surface area contributed by atoms with E-state index < -0.39 is 0 Å². The van der Waals surface area contributed by atoms with Crippen LogP contribution in [0.15, 0.2) is 72.8 Å². The zero-order valence-electron chi connectivity index (χ0n) is 21.0. The zero-order chi connectivity index (χ0) is 25.8. The summed E-state index contributed by atoms with van der Waals surface area (Å²) < 4.78 is 11.3. The Hall–Kier alpha value is -3.77. The van der Waals surface area contributed by atoms with Crippen molar-refractivity contribution in [1.29, 1.82) is 0 Å². The van der Waals surface area contributed by atoms with Crippen molar-refractivity contribution in [2.24, 2.45) is 0 Å². The molecule has 0 spiro atoms. The second-order valence-corrected chi connectivity index (χ2v) is 9.62. The molecule has 1 aromatic heterocycles. The number of carbonyl (C=O) groups excluding carboxylic acids is 1. The molecule has 0 saturated carbocycles. The van der Waals surface area contributed by atoms with Crippen LogP contribution >= 0.6 is 11.6 Å². The van der Waals surface area contributed by atoms with Crippen molar-refractivity contribution in [3.8, 4) is 22.8 Å². The second kappa shape index (κ2) is 11.1. The molecule has 1 amide bonds. The highest BCUT2D eigenvalue weighted by Crippen LogP contribution is 2.43. The van der Waals surface area contributed by atoms with Gasteiger partial charge in [-0.3, -0.25) is 9.89 Å². The molecule has 0 saturated heterocycles. The van der Waals surface area contributed by atoms with E-state index in [0.29, 0.717) is 23.9 Å². The van der Waals surface area contributed by atoms with Crippen LogP contribution in [0.5, 0.6) is 11.5 Å². The van der Waals surface area contributed by atoms with Crippen LogP contribution in [-0.2, 0) is 6.61 Å². The monoisotopic (exact) mass is 515 g/mol. The van der Waals surface area contributed by atoms with Gasteiger partial charge in [-0.05, 0) is 66.1 Å². The Morgan fingerprint density at radius 3 is 2.32 bits per heavy atom. The predicted molar refractivity (Wildman–Crippen MR) is 145 cm³/mol. The number of methoxy groups -OCH3 is 1. The molecule has 1 N–H and O–H groups in total. The van der Waals surface area contributed by atoms with Crippen molar-refractivity contribution in [2.75, 3.05) is 13.7 Å². The maximum atomic E-state index is 13.5. The molecule has 4 aromatic rings. The van der Waals surface area contributed by atoms with E-state index in [4.69, 9.17) is 21.1 Å². The number of ether oxygens (including phenoxy) is 2. The summed E-state index contributed by atoms with van der Waals surface area (Å²) in [5, 5.41) is 8.29. The normalized spacial score (nSPS) is 14.6. The third-order valence-electron chi connectivity index (χ3n) is 6.74. The second-order valence-electron chi connectivity index (χ2n) is 9.18. The van der Waals surface area contributed by atoms with Gasteiger partial charge in [-0.25, -0.2) is 0 Å². The number of nitrogens with one attached hydrogen (secondary N) is 1. The van der Waals surface area contributed by atoms with Crippen molar-refractivity contribution >= 4 is 17.5 Å². The molecule has 1 aliphatic rings. The van der Waals surface area contributed by atoms with Crippen LogP contribution in [0.3, 0.4) is 0 Å². The van der Waals surface area contributed by atoms with Crippen molar-refractivity contribution in [3.05, 3.63) is 100 Å². The van der Waals surface area contributed by atoms with Crippen LogP contribution in [0.1, 0.15) is 59.4 Å². The average molecular weight is 516 g/mol. The van der Waals surface area contributed by atoms with Gasteiger partial charge in [0.1, 0.15) is 23.8 Å². The summed E-state index contributed by atoms with van der Waals surface area (Å²) in [7, 11) is 1.65. The minimum atomic E-state index is -0.222. The maximum Gasteiger partial charge on any atom is 0.273 e. The lowest BCUT2D eigenvalue weighted by Gasteiger charge is -2.26. The summed E-state index contributed by atoms with van der Waals surface area (Å²) >= 11 is 5.98. The molecule has 1 unspecified atom stereocenters. The zero-order valence-corrected chi connectivity index (χ0v) is 21.8. The Labute approximate surface area is 222 Å².